The lowest BCUT2D eigenvalue weighted by Crippen LogP contribution is -2.16. The third-order valence-electron chi connectivity index (χ3n) is 3.81. The lowest BCUT2D eigenvalue weighted by atomic mass is 9.98. The van der Waals surface area contributed by atoms with Crippen LogP contribution in [0.3, 0.4) is 0 Å². The Bertz CT molecular complexity index is 957. The van der Waals surface area contributed by atoms with Gasteiger partial charge < -0.3 is 5.32 Å². The highest BCUT2D eigenvalue weighted by atomic mass is 16.1. The van der Waals surface area contributed by atoms with Crippen LogP contribution in [0.15, 0.2) is 60.7 Å². The SMILES string of the molecule is CC(=O)Nc1ccc(-c2cc(-c3ccccc3)c(C#N)c(N)[nH+]2)cc1. The van der Waals surface area contributed by atoms with Gasteiger partial charge in [-0.15, -0.1) is 0 Å². The van der Waals surface area contributed by atoms with Crippen molar-refractivity contribution < 1.29 is 9.78 Å². The van der Waals surface area contributed by atoms with Gasteiger partial charge in [0.05, 0.1) is 0 Å². The zero-order valence-electron chi connectivity index (χ0n) is 13.7. The van der Waals surface area contributed by atoms with Crippen molar-refractivity contribution in [2.75, 3.05) is 11.1 Å². The number of aromatic nitrogens is 1. The van der Waals surface area contributed by atoms with Crippen molar-refractivity contribution in [2.24, 2.45) is 0 Å². The number of hydrogen-bond acceptors (Lipinski definition) is 3. The summed E-state index contributed by atoms with van der Waals surface area (Å²) in [5.74, 6) is 0.207. The van der Waals surface area contributed by atoms with Crippen molar-refractivity contribution in [2.45, 2.75) is 6.92 Å². The predicted octanol–water partition coefficient (Wildman–Crippen LogP) is 3.25. The molecule has 122 valence electrons. The number of aromatic amines is 1. The maximum absolute atomic E-state index is 11.1. The van der Waals surface area contributed by atoms with Gasteiger partial charge in [0.2, 0.25) is 5.91 Å². The molecule has 5 nitrogen and oxygen atoms in total. The molecule has 0 saturated carbocycles. The Morgan fingerprint density at radius 2 is 1.76 bits per heavy atom. The molecule has 5 heteroatoms. The van der Waals surface area contributed by atoms with E-state index in [4.69, 9.17) is 5.73 Å². The molecule has 1 amide bonds. The highest BCUT2D eigenvalue weighted by Gasteiger charge is 2.17. The molecule has 1 aromatic heterocycles. The molecular formula is C20H17N4O+. The molecule has 0 unspecified atom stereocenters. The van der Waals surface area contributed by atoms with E-state index in [1.807, 2.05) is 60.7 Å². The molecule has 1 heterocycles. The Balaban J connectivity index is 2.07. The number of carbonyl (C=O) groups excluding carboxylic acids is 1. The summed E-state index contributed by atoms with van der Waals surface area (Å²) in [6.07, 6.45) is 0. The molecule has 0 aliphatic carbocycles. The van der Waals surface area contributed by atoms with Gasteiger partial charge in [-0.3, -0.25) is 10.5 Å². The Morgan fingerprint density at radius 3 is 2.36 bits per heavy atom. The van der Waals surface area contributed by atoms with E-state index in [-0.39, 0.29) is 5.91 Å². The van der Waals surface area contributed by atoms with E-state index in [0.717, 1.165) is 28.1 Å². The van der Waals surface area contributed by atoms with E-state index in [0.29, 0.717) is 11.4 Å². The fourth-order valence-electron chi connectivity index (χ4n) is 2.66. The molecule has 0 bridgehead atoms. The van der Waals surface area contributed by atoms with Crippen LogP contribution in [0.2, 0.25) is 0 Å². The molecule has 0 aliphatic heterocycles. The van der Waals surface area contributed by atoms with Crippen LogP contribution in [-0.4, -0.2) is 5.91 Å². The van der Waals surface area contributed by atoms with Gasteiger partial charge in [-0.2, -0.15) is 5.26 Å². The molecule has 3 aromatic rings. The average Bonchev–Trinajstić information content (AvgIpc) is 2.62. The maximum atomic E-state index is 11.1. The van der Waals surface area contributed by atoms with Gasteiger partial charge in [0.15, 0.2) is 0 Å². The third-order valence-corrected chi connectivity index (χ3v) is 3.81. The number of pyridine rings is 1. The lowest BCUT2D eigenvalue weighted by Gasteiger charge is -2.08. The van der Waals surface area contributed by atoms with Gasteiger partial charge in [-0.1, -0.05) is 30.3 Å². The summed E-state index contributed by atoms with van der Waals surface area (Å²) in [7, 11) is 0. The summed E-state index contributed by atoms with van der Waals surface area (Å²) in [6, 6.07) is 21.2. The number of carbonyl (C=O) groups is 1. The van der Waals surface area contributed by atoms with Crippen molar-refractivity contribution in [3.8, 4) is 28.5 Å². The molecule has 0 atom stereocenters. The fraction of sp³-hybridized carbons (Fsp3) is 0.0500. The van der Waals surface area contributed by atoms with E-state index in [9.17, 15) is 10.1 Å². The average molecular weight is 329 g/mol. The first-order valence-corrected chi connectivity index (χ1v) is 7.78. The topological polar surface area (TPSA) is 93.0 Å². The smallest absolute Gasteiger partial charge is 0.289 e. The number of amides is 1. The van der Waals surface area contributed by atoms with E-state index in [1.165, 1.54) is 6.92 Å². The number of nitrogen functional groups attached to an aromatic ring is 1. The molecule has 3 rings (SSSR count). The van der Waals surface area contributed by atoms with Crippen LogP contribution in [0.5, 0.6) is 0 Å². The predicted molar refractivity (Wildman–Crippen MR) is 97.3 cm³/mol. The van der Waals surface area contributed by atoms with E-state index in [1.54, 1.807) is 0 Å². The summed E-state index contributed by atoms with van der Waals surface area (Å²) in [5, 5.41) is 12.2. The van der Waals surface area contributed by atoms with Gasteiger partial charge >= 0.3 is 0 Å². The second-order valence-electron chi connectivity index (χ2n) is 5.62. The number of nitrogens with one attached hydrogen (secondary N) is 2. The van der Waals surface area contributed by atoms with Gasteiger partial charge in [-0.05, 0) is 35.9 Å². The Labute approximate surface area is 145 Å². The van der Waals surface area contributed by atoms with Crippen molar-refractivity contribution >= 4 is 17.4 Å². The van der Waals surface area contributed by atoms with Crippen molar-refractivity contribution in [3.05, 3.63) is 66.2 Å². The number of nitrogens with zero attached hydrogens (tertiary/aromatic N) is 1. The summed E-state index contributed by atoms with van der Waals surface area (Å²) in [4.78, 5) is 14.2. The molecule has 0 aliphatic rings. The van der Waals surface area contributed by atoms with Crippen LogP contribution in [-0.2, 0) is 4.79 Å². The number of H-pyrrole nitrogens is 1. The Kier molecular flexibility index (Phi) is 4.44. The molecule has 2 aromatic carbocycles. The molecule has 0 saturated heterocycles. The minimum absolute atomic E-state index is 0.117. The zero-order chi connectivity index (χ0) is 17.8. The van der Waals surface area contributed by atoms with Gasteiger partial charge in [0, 0.05) is 23.7 Å². The number of anilines is 2. The molecule has 0 radical (unpaired) electrons. The number of benzene rings is 2. The second-order valence-corrected chi connectivity index (χ2v) is 5.62. The number of nitriles is 1. The fourth-order valence-corrected chi connectivity index (χ4v) is 2.66. The van der Waals surface area contributed by atoms with Crippen LogP contribution < -0.4 is 16.0 Å². The Morgan fingerprint density at radius 1 is 1.08 bits per heavy atom. The number of rotatable bonds is 3. The van der Waals surface area contributed by atoms with E-state index < -0.39 is 0 Å². The summed E-state index contributed by atoms with van der Waals surface area (Å²) >= 11 is 0. The third kappa shape index (κ3) is 3.48. The van der Waals surface area contributed by atoms with Crippen LogP contribution in [0.1, 0.15) is 12.5 Å². The van der Waals surface area contributed by atoms with Gasteiger partial charge in [0.25, 0.3) is 5.82 Å². The molecule has 0 spiro atoms. The van der Waals surface area contributed by atoms with E-state index >= 15 is 0 Å². The first-order chi connectivity index (χ1) is 12.1. The summed E-state index contributed by atoms with van der Waals surface area (Å²) in [5.41, 5.74) is 10.6. The summed E-state index contributed by atoms with van der Waals surface area (Å²) in [6.45, 7) is 1.47. The van der Waals surface area contributed by atoms with Crippen molar-refractivity contribution in [3.63, 3.8) is 0 Å². The van der Waals surface area contributed by atoms with Crippen molar-refractivity contribution in [1.29, 1.82) is 5.26 Å². The van der Waals surface area contributed by atoms with Gasteiger partial charge in [0.1, 0.15) is 17.3 Å². The summed E-state index contributed by atoms with van der Waals surface area (Å²) < 4.78 is 0. The number of hydrogen-bond donors (Lipinski definition) is 2. The van der Waals surface area contributed by atoms with E-state index in [2.05, 4.69) is 16.4 Å². The van der Waals surface area contributed by atoms with Crippen LogP contribution >= 0.6 is 0 Å². The first kappa shape index (κ1) is 16.2. The molecule has 4 N–H and O–H groups in total. The molecule has 0 fully saturated rings. The maximum Gasteiger partial charge on any atom is 0.289 e. The monoisotopic (exact) mass is 329 g/mol. The Hall–Kier alpha value is -3.65. The minimum atomic E-state index is -0.117. The van der Waals surface area contributed by atoms with Crippen LogP contribution in [0.25, 0.3) is 22.4 Å². The number of nitrogens with two attached hydrogens (primary N) is 1. The lowest BCUT2D eigenvalue weighted by molar-refractivity contribution is -0.346. The highest BCUT2D eigenvalue weighted by molar-refractivity contribution is 5.89. The minimum Gasteiger partial charge on any atom is -0.326 e. The van der Waals surface area contributed by atoms with Crippen LogP contribution in [0.4, 0.5) is 11.5 Å². The molecular weight excluding hydrogens is 312 g/mol. The first-order valence-electron chi connectivity index (χ1n) is 7.78. The van der Waals surface area contributed by atoms with Crippen LogP contribution in [0, 0.1) is 11.3 Å². The van der Waals surface area contributed by atoms with Gasteiger partial charge in [-0.25, -0.2) is 4.98 Å². The zero-order valence-corrected chi connectivity index (χ0v) is 13.7. The quantitative estimate of drug-likeness (QED) is 0.772. The largest absolute Gasteiger partial charge is 0.326 e. The molecule has 25 heavy (non-hydrogen) atoms. The van der Waals surface area contributed by atoms with Crippen molar-refractivity contribution in [1.82, 2.24) is 0 Å². The second kappa shape index (κ2) is 6.85. The normalized spacial score (nSPS) is 10.1. The highest BCUT2D eigenvalue weighted by Crippen LogP contribution is 2.29. The standard InChI is InChI=1S/C20H16N4O/c1-13(25)23-16-9-7-15(8-10-16)19-11-17(14-5-3-2-4-6-14)18(12-21)20(22)24-19/h2-11H,1H3,(H2,22,24)(H,23,25)/p+1.